The zero-order valence-corrected chi connectivity index (χ0v) is 13.2. The van der Waals surface area contributed by atoms with Gasteiger partial charge in [0.05, 0.1) is 18.0 Å². The molecule has 1 heterocycles. The van der Waals surface area contributed by atoms with Crippen LogP contribution in [-0.2, 0) is 13.0 Å². The summed E-state index contributed by atoms with van der Waals surface area (Å²) in [6.45, 7) is 4.57. The maximum Gasteiger partial charge on any atom is 0.142 e. The summed E-state index contributed by atoms with van der Waals surface area (Å²) >= 11 is 0. The molecule has 0 radical (unpaired) electrons. The van der Waals surface area contributed by atoms with E-state index in [0.717, 1.165) is 49.5 Å². The van der Waals surface area contributed by atoms with Crippen LogP contribution in [0, 0.1) is 0 Å². The van der Waals surface area contributed by atoms with Gasteiger partial charge in [0.15, 0.2) is 0 Å². The van der Waals surface area contributed by atoms with Crippen molar-refractivity contribution in [2.24, 2.45) is 0 Å². The minimum atomic E-state index is 0.709. The predicted molar refractivity (Wildman–Crippen MR) is 90.9 cm³/mol. The number of nitrogens with two attached hydrogens (primary N) is 1. The van der Waals surface area contributed by atoms with E-state index in [4.69, 9.17) is 10.5 Å². The van der Waals surface area contributed by atoms with Crippen LogP contribution in [0.25, 0.3) is 0 Å². The highest BCUT2D eigenvalue weighted by Gasteiger charge is 2.02. The topological polar surface area (TPSA) is 60.2 Å². The molecule has 3 N–H and O–H groups in total. The number of ether oxygens (including phenoxy) is 1. The zero-order chi connectivity index (χ0) is 15.6. The number of hydrogen-bond donors (Lipinski definition) is 2. The minimum absolute atomic E-state index is 0.709. The van der Waals surface area contributed by atoms with Crippen LogP contribution in [-0.4, -0.2) is 18.1 Å². The number of hydrogen-bond acceptors (Lipinski definition) is 4. The van der Waals surface area contributed by atoms with E-state index < -0.39 is 0 Å². The first kappa shape index (κ1) is 16.3. The summed E-state index contributed by atoms with van der Waals surface area (Å²) in [5.74, 6) is 0.791. The minimum Gasteiger partial charge on any atom is -0.491 e. The number of nitrogen functional groups attached to an aromatic ring is 1. The van der Waals surface area contributed by atoms with Gasteiger partial charge < -0.3 is 15.8 Å². The maximum atomic E-state index is 6.02. The molecule has 4 nitrogen and oxygen atoms in total. The zero-order valence-electron chi connectivity index (χ0n) is 13.2. The van der Waals surface area contributed by atoms with Gasteiger partial charge in [-0.15, -0.1) is 0 Å². The van der Waals surface area contributed by atoms with Crippen LogP contribution >= 0.6 is 0 Å². The standard InChI is InChI=1S/C18H25N3O/c1-2-12-22-18-9-8-15(13-17(18)19)6-5-10-20-14-16-7-3-4-11-21-16/h3-4,7-9,11,13,20H,2,5-6,10,12,14,19H2,1H3. The van der Waals surface area contributed by atoms with E-state index in [9.17, 15) is 0 Å². The molecule has 1 aromatic heterocycles. The second kappa shape index (κ2) is 9.05. The van der Waals surface area contributed by atoms with E-state index >= 15 is 0 Å². The van der Waals surface area contributed by atoms with E-state index in [1.54, 1.807) is 0 Å². The lowest BCUT2D eigenvalue weighted by Crippen LogP contribution is -2.16. The van der Waals surface area contributed by atoms with Crippen LogP contribution in [0.4, 0.5) is 5.69 Å². The Labute approximate surface area is 132 Å². The monoisotopic (exact) mass is 299 g/mol. The molecule has 4 heteroatoms. The Morgan fingerprint density at radius 1 is 1.23 bits per heavy atom. The summed E-state index contributed by atoms with van der Waals surface area (Å²) in [4.78, 5) is 4.29. The summed E-state index contributed by atoms with van der Waals surface area (Å²) in [6, 6.07) is 12.1. The second-order valence-corrected chi connectivity index (χ2v) is 5.32. The number of rotatable bonds is 9. The molecular formula is C18H25N3O. The number of nitrogens with one attached hydrogen (secondary N) is 1. The summed E-state index contributed by atoms with van der Waals surface area (Å²) in [5.41, 5.74) is 9.07. The molecule has 0 unspecified atom stereocenters. The fourth-order valence-electron chi connectivity index (χ4n) is 2.23. The van der Waals surface area contributed by atoms with Crippen molar-refractivity contribution in [1.82, 2.24) is 10.3 Å². The fourth-order valence-corrected chi connectivity index (χ4v) is 2.23. The Hall–Kier alpha value is -2.07. The fraction of sp³-hybridized carbons (Fsp3) is 0.389. The van der Waals surface area contributed by atoms with Crippen LogP contribution in [0.15, 0.2) is 42.6 Å². The lowest BCUT2D eigenvalue weighted by Gasteiger charge is -2.10. The third-order valence-corrected chi connectivity index (χ3v) is 3.39. The first-order valence-electron chi connectivity index (χ1n) is 7.91. The smallest absolute Gasteiger partial charge is 0.142 e. The van der Waals surface area contributed by atoms with Crippen molar-refractivity contribution in [3.63, 3.8) is 0 Å². The number of aryl methyl sites for hydroxylation is 1. The molecule has 0 amide bonds. The lowest BCUT2D eigenvalue weighted by molar-refractivity contribution is 0.319. The largest absolute Gasteiger partial charge is 0.491 e. The van der Waals surface area contributed by atoms with Crippen LogP contribution < -0.4 is 15.8 Å². The average molecular weight is 299 g/mol. The molecule has 0 aliphatic carbocycles. The van der Waals surface area contributed by atoms with Gasteiger partial charge in [0.25, 0.3) is 0 Å². The van der Waals surface area contributed by atoms with Crippen molar-refractivity contribution in [2.75, 3.05) is 18.9 Å². The molecule has 0 aliphatic heterocycles. The lowest BCUT2D eigenvalue weighted by atomic mass is 10.1. The molecule has 0 spiro atoms. The third kappa shape index (κ3) is 5.37. The van der Waals surface area contributed by atoms with Gasteiger partial charge in [0.1, 0.15) is 5.75 Å². The number of benzene rings is 1. The molecule has 1 aromatic carbocycles. The van der Waals surface area contributed by atoms with Crippen molar-refractivity contribution < 1.29 is 4.74 Å². The third-order valence-electron chi connectivity index (χ3n) is 3.39. The molecule has 0 atom stereocenters. The van der Waals surface area contributed by atoms with E-state index in [0.29, 0.717) is 6.61 Å². The molecule has 2 rings (SSSR count). The highest BCUT2D eigenvalue weighted by molar-refractivity contribution is 5.54. The van der Waals surface area contributed by atoms with E-state index in [-0.39, 0.29) is 0 Å². The van der Waals surface area contributed by atoms with Crippen molar-refractivity contribution in [3.05, 3.63) is 53.9 Å². The van der Waals surface area contributed by atoms with Crippen molar-refractivity contribution in [3.8, 4) is 5.75 Å². The molecule has 0 bridgehead atoms. The van der Waals surface area contributed by atoms with Crippen LogP contribution in [0.2, 0.25) is 0 Å². The molecule has 0 saturated heterocycles. The molecule has 2 aromatic rings. The number of aromatic nitrogens is 1. The molecule has 0 fully saturated rings. The van der Waals surface area contributed by atoms with Gasteiger partial charge in [-0.25, -0.2) is 0 Å². The molecule has 22 heavy (non-hydrogen) atoms. The second-order valence-electron chi connectivity index (χ2n) is 5.32. The van der Waals surface area contributed by atoms with E-state index in [1.807, 2.05) is 36.5 Å². The summed E-state index contributed by atoms with van der Waals surface area (Å²) in [6.07, 6.45) is 4.89. The van der Waals surface area contributed by atoms with Gasteiger partial charge in [-0.2, -0.15) is 0 Å². The molecule has 0 saturated carbocycles. The van der Waals surface area contributed by atoms with Crippen molar-refractivity contribution in [2.45, 2.75) is 32.7 Å². The Morgan fingerprint density at radius 2 is 2.14 bits per heavy atom. The average Bonchev–Trinajstić information content (AvgIpc) is 2.55. The van der Waals surface area contributed by atoms with Gasteiger partial charge in [-0.05, 0) is 55.6 Å². The maximum absolute atomic E-state index is 6.02. The van der Waals surface area contributed by atoms with E-state index in [1.165, 1.54) is 5.56 Å². The molecular weight excluding hydrogens is 274 g/mol. The highest BCUT2D eigenvalue weighted by Crippen LogP contribution is 2.23. The summed E-state index contributed by atoms with van der Waals surface area (Å²) in [7, 11) is 0. The SMILES string of the molecule is CCCOc1ccc(CCCNCc2ccccn2)cc1N. The van der Waals surface area contributed by atoms with Gasteiger partial charge in [0.2, 0.25) is 0 Å². The van der Waals surface area contributed by atoms with Crippen LogP contribution in [0.1, 0.15) is 31.0 Å². The Balaban J connectivity index is 1.69. The van der Waals surface area contributed by atoms with Crippen molar-refractivity contribution in [1.29, 1.82) is 0 Å². The van der Waals surface area contributed by atoms with Crippen molar-refractivity contribution >= 4 is 5.69 Å². The summed E-state index contributed by atoms with van der Waals surface area (Å²) in [5, 5.41) is 3.41. The quantitative estimate of drug-likeness (QED) is 0.551. The highest BCUT2D eigenvalue weighted by atomic mass is 16.5. The Kier molecular flexibility index (Phi) is 6.71. The number of anilines is 1. The van der Waals surface area contributed by atoms with E-state index in [2.05, 4.69) is 23.3 Å². The first-order valence-corrected chi connectivity index (χ1v) is 7.91. The summed E-state index contributed by atoms with van der Waals surface area (Å²) < 4.78 is 5.59. The van der Waals surface area contributed by atoms with Gasteiger partial charge in [-0.1, -0.05) is 19.1 Å². The van der Waals surface area contributed by atoms with Gasteiger partial charge >= 0.3 is 0 Å². The normalized spacial score (nSPS) is 10.6. The number of pyridine rings is 1. The van der Waals surface area contributed by atoms with Gasteiger partial charge in [-0.3, -0.25) is 4.98 Å². The molecule has 0 aliphatic rings. The number of nitrogens with zero attached hydrogens (tertiary/aromatic N) is 1. The first-order chi connectivity index (χ1) is 10.8. The Bertz CT molecular complexity index is 558. The molecule has 118 valence electrons. The predicted octanol–water partition coefficient (Wildman–Crippen LogP) is 3.18. The van der Waals surface area contributed by atoms with Crippen LogP contribution in [0.5, 0.6) is 5.75 Å². The van der Waals surface area contributed by atoms with Gasteiger partial charge in [0, 0.05) is 12.7 Å². The van der Waals surface area contributed by atoms with Crippen LogP contribution in [0.3, 0.4) is 0 Å². The Morgan fingerprint density at radius 3 is 2.86 bits per heavy atom.